The van der Waals surface area contributed by atoms with Crippen molar-refractivity contribution in [2.24, 2.45) is 0 Å². The fourth-order valence-electron chi connectivity index (χ4n) is 3.11. The molecule has 20 heavy (non-hydrogen) atoms. The molecule has 2 unspecified atom stereocenters. The standard InChI is InChI=1S/C17H28N2O/c1-4-18-16(15-9-6-5-7-10-15)13-19-12-8-11-17(2,14-19)20-3/h5-7,9-10,16,18H,4,8,11-14H2,1-3H3. The molecule has 3 heteroatoms. The molecule has 0 spiro atoms. The Morgan fingerprint density at radius 1 is 1.35 bits per heavy atom. The molecule has 1 saturated heterocycles. The number of rotatable bonds is 6. The lowest BCUT2D eigenvalue weighted by molar-refractivity contribution is -0.0523. The molecular weight excluding hydrogens is 248 g/mol. The van der Waals surface area contributed by atoms with Gasteiger partial charge in [0.05, 0.1) is 5.60 Å². The minimum Gasteiger partial charge on any atom is -0.377 e. The number of nitrogens with zero attached hydrogens (tertiary/aromatic N) is 1. The van der Waals surface area contributed by atoms with Crippen LogP contribution in [0.15, 0.2) is 30.3 Å². The fourth-order valence-corrected chi connectivity index (χ4v) is 3.11. The van der Waals surface area contributed by atoms with Crippen LogP contribution in [-0.4, -0.2) is 43.8 Å². The van der Waals surface area contributed by atoms with Crippen molar-refractivity contribution in [2.45, 2.75) is 38.3 Å². The lowest BCUT2D eigenvalue weighted by Crippen LogP contribution is -2.49. The highest BCUT2D eigenvalue weighted by molar-refractivity contribution is 5.19. The van der Waals surface area contributed by atoms with Crippen LogP contribution in [0.3, 0.4) is 0 Å². The van der Waals surface area contributed by atoms with Crippen LogP contribution in [0.4, 0.5) is 0 Å². The molecule has 1 heterocycles. The van der Waals surface area contributed by atoms with Crippen molar-refractivity contribution < 1.29 is 4.74 Å². The van der Waals surface area contributed by atoms with Crippen LogP contribution < -0.4 is 5.32 Å². The molecule has 1 aliphatic heterocycles. The number of hydrogen-bond acceptors (Lipinski definition) is 3. The average molecular weight is 276 g/mol. The van der Waals surface area contributed by atoms with Crippen LogP contribution in [0.1, 0.15) is 38.3 Å². The Morgan fingerprint density at radius 2 is 2.10 bits per heavy atom. The molecule has 1 aromatic carbocycles. The van der Waals surface area contributed by atoms with Crippen LogP contribution in [-0.2, 0) is 4.74 Å². The van der Waals surface area contributed by atoms with E-state index in [4.69, 9.17) is 4.74 Å². The van der Waals surface area contributed by atoms with E-state index in [-0.39, 0.29) is 5.60 Å². The van der Waals surface area contributed by atoms with Gasteiger partial charge in [0.2, 0.25) is 0 Å². The maximum atomic E-state index is 5.69. The summed E-state index contributed by atoms with van der Waals surface area (Å²) in [6, 6.07) is 11.2. The van der Waals surface area contributed by atoms with Gasteiger partial charge in [-0.1, -0.05) is 37.3 Å². The van der Waals surface area contributed by atoms with Gasteiger partial charge in [0.1, 0.15) is 0 Å². The first kappa shape index (κ1) is 15.5. The SMILES string of the molecule is CCNC(CN1CCCC(C)(OC)C1)c1ccccc1. The Balaban J connectivity index is 2.01. The van der Waals surface area contributed by atoms with Crippen LogP contribution in [0.2, 0.25) is 0 Å². The fraction of sp³-hybridized carbons (Fsp3) is 0.647. The summed E-state index contributed by atoms with van der Waals surface area (Å²) in [5, 5.41) is 3.61. The van der Waals surface area contributed by atoms with Gasteiger partial charge >= 0.3 is 0 Å². The number of piperidine rings is 1. The van der Waals surface area contributed by atoms with Crippen molar-refractivity contribution in [3.63, 3.8) is 0 Å². The predicted octanol–water partition coefficient (Wildman–Crippen LogP) is 2.84. The molecular formula is C17H28N2O. The van der Waals surface area contributed by atoms with Gasteiger partial charge in [-0.25, -0.2) is 0 Å². The summed E-state index contributed by atoms with van der Waals surface area (Å²) < 4.78 is 5.69. The lowest BCUT2D eigenvalue weighted by atomic mass is 9.94. The van der Waals surface area contributed by atoms with Gasteiger partial charge in [-0.2, -0.15) is 0 Å². The third kappa shape index (κ3) is 4.05. The number of benzene rings is 1. The molecule has 0 aliphatic carbocycles. The van der Waals surface area contributed by atoms with Crippen molar-refractivity contribution in [3.05, 3.63) is 35.9 Å². The van der Waals surface area contributed by atoms with Gasteiger partial charge in [0.15, 0.2) is 0 Å². The Morgan fingerprint density at radius 3 is 2.75 bits per heavy atom. The molecule has 1 aliphatic rings. The molecule has 0 amide bonds. The topological polar surface area (TPSA) is 24.5 Å². The highest BCUT2D eigenvalue weighted by Gasteiger charge is 2.31. The first-order valence-electron chi connectivity index (χ1n) is 7.73. The summed E-state index contributed by atoms with van der Waals surface area (Å²) in [5.41, 5.74) is 1.39. The minimum absolute atomic E-state index is 0.0195. The third-order valence-electron chi connectivity index (χ3n) is 4.32. The van der Waals surface area contributed by atoms with Crippen LogP contribution in [0, 0.1) is 0 Å². The lowest BCUT2D eigenvalue weighted by Gasteiger charge is -2.41. The van der Waals surface area contributed by atoms with Crippen molar-refractivity contribution in [1.29, 1.82) is 0 Å². The zero-order chi connectivity index (χ0) is 14.4. The largest absolute Gasteiger partial charge is 0.377 e. The molecule has 112 valence electrons. The predicted molar refractivity (Wildman–Crippen MR) is 83.9 cm³/mol. The Labute approximate surface area is 123 Å². The van der Waals surface area contributed by atoms with E-state index in [9.17, 15) is 0 Å². The van der Waals surface area contributed by atoms with Crippen LogP contribution in [0.5, 0.6) is 0 Å². The van der Waals surface area contributed by atoms with Gasteiger partial charge in [-0.15, -0.1) is 0 Å². The summed E-state index contributed by atoms with van der Waals surface area (Å²) >= 11 is 0. The van der Waals surface area contributed by atoms with E-state index < -0.39 is 0 Å². The highest BCUT2D eigenvalue weighted by Crippen LogP contribution is 2.25. The normalized spacial score (nSPS) is 25.6. The molecule has 1 fully saturated rings. The second kappa shape index (κ2) is 7.21. The van der Waals surface area contributed by atoms with Crippen LogP contribution in [0.25, 0.3) is 0 Å². The Hall–Kier alpha value is -0.900. The molecule has 0 aromatic heterocycles. The summed E-state index contributed by atoms with van der Waals surface area (Å²) in [4.78, 5) is 2.54. The maximum absolute atomic E-state index is 5.69. The van der Waals surface area contributed by atoms with Crippen molar-refractivity contribution in [2.75, 3.05) is 33.3 Å². The van der Waals surface area contributed by atoms with E-state index in [1.165, 1.54) is 18.5 Å². The van der Waals surface area contributed by atoms with Crippen molar-refractivity contribution in [3.8, 4) is 0 Å². The van der Waals surface area contributed by atoms with Gasteiger partial charge < -0.3 is 10.1 Å². The Bertz CT molecular complexity index is 395. The quantitative estimate of drug-likeness (QED) is 0.864. The summed E-state index contributed by atoms with van der Waals surface area (Å²) in [7, 11) is 1.84. The number of nitrogens with one attached hydrogen (secondary N) is 1. The second-order valence-electron chi connectivity index (χ2n) is 6.01. The number of likely N-dealkylation sites (tertiary alicyclic amines) is 1. The molecule has 1 N–H and O–H groups in total. The van der Waals surface area contributed by atoms with Gasteiger partial charge in [-0.05, 0) is 38.4 Å². The molecule has 2 rings (SSSR count). The second-order valence-corrected chi connectivity index (χ2v) is 6.01. The van der Waals surface area contributed by atoms with E-state index >= 15 is 0 Å². The van der Waals surface area contributed by atoms with Crippen LogP contribution >= 0.6 is 0 Å². The molecule has 3 nitrogen and oxygen atoms in total. The zero-order valence-electron chi connectivity index (χ0n) is 13.1. The first-order chi connectivity index (χ1) is 9.67. The molecule has 2 atom stereocenters. The third-order valence-corrected chi connectivity index (χ3v) is 4.32. The minimum atomic E-state index is 0.0195. The first-order valence-corrected chi connectivity index (χ1v) is 7.73. The maximum Gasteiger partial charge on any atom is 0.0777 e. The number of likely N-dealkylation sites (N-methyl/N-ethyl adjacent to an activating group) is 1. The summed E-state index contributed by atoms with van der Waals surface area (Å²) in [5.74, 6) is 0. The van der Waals surface area contributed by atoms with E-state index in [0.29, 0.717) is 6.04 Å². The average Bonchev–Trinajstić information content (AvgIpc) is 2.48. The van der Waals surface area contributed by atoms with Gasteiger partial charge in [0, 0.05) is 26.2 Å². The van der Waals surface area contributed by atoms with E-state index in [1.54, 1.807) is 0 Å². The van der Waals surface area contributed by atoms with E-state index in [2.05, 4.69) is 54.4 Å². The van der Waals surface area contributed by atoms with Crippen molar-refractivity contribution >= 4 is 0 Å². The number of methoxy groups -OCH3 is 1. The zero-order valence-corrected chi connectivity index (χ0v) is 13.1. The number of hydrogen-bond donors (Lipinski definition) is 1. The molecule has 1 aromatic rings. The smallest absolute Gasteiger partial charge is 0.0777 e. The Kier molecular flexibility index (Phi) is 5.58. The van der Waals surface area contributed by atoms with Gasteiger partial charge in [0.25, 0.3) is 0 Å². The highest BCUT2D eigenvalue weighted by atomic mass is 16.5. The molecule has 0 bridgehead atoms. The van der Waals surface area contributed by atoms with E-state index in [0.717, 1.165) is 26.1 Å². The monoisotopic (exact) mass is 276 g/mol. The van der Waals surface area contributed by atoms with Crippen molar-refractivity contribution in [1.82, 2.24) is 10.2 Å². The molecule has 0 saturated carbocycles. The van der Waals surface area contributed by atoms with E-state index in [1.807, 2.05) is 7.11 Å². The van der Waals surface area contributed by atoms with Gasteiger partial charge in [-0.3, -0.25) is 4.90 Å². The molecule has 0 radical (unpaired) electrons. The number of ether oxygens (including phenoxy) is 1. The summed E-state index contributed by atoms with van der Waals surface area (Å²) in [6.07, 6.45) is 2.38. The summed E-state index contributed by atoms with van der Waals surface area (Å²) in [6.45, 7) is 8.65.